The van der Waals surface area contributed by atoms with Gasteiger partial charge in [0.25, 0.3) is 0 Å². The first kappa shape index (κ1) is 24.0. The highest BCUT2D eigenvalue weighted by molar-refractivity contribution is 14.0. The fourth-order valence-corrected chi connectivity index (χ4v) is 4.15. The molecule has 2 aliphatic heterocycles. The predicted molar refractivity (Wildman–Crippen MR) is 127 cm³/mol. The third-order valence-electron chi connectivity index (χ3n) is 5.77. The van der Waals surface area contributed by atoms with Crippen molar-refractivity contribution in [2.45, 2.75) is 38.9 Å². The van der Waals surface area contributed by atoms with E-state index in [1.807, 2.05) is 7.05 Å². The zero-order chi connectivity index (χ0) is 20.1. The summed E-state index contributed by atoms with van der Waals surface area (Å²) in [6.07, 6.45) is 0.965. The van der Waals surface area contributed by atoms with Gasteiger partial charge in [-0.2, -0.15) is 0 Å². The van der Waals surface area contributed by atoms with Gasteiger partial charge >= 0.3 is 0 Å². The van der Waals surface area contributed by atoms with Gasteiger partial charge < -0.3 is 24.4 Å². The molecule has 7 nitrogen and oxygen atoms in total. The lowest BCUT2D eigenvalue weighted by Gasteiger charge is -2.39. The lowest BCUT2D eigenvalue weighted by atomic mass is 9.99. The Labute approximate surface area is 191 Å². The maximum Gasteiger partial charge on any atom is 0.194 e. The molecule has 2 unspecified atom stereocenters. The number of rotatable bonds is 5. The number of nitrogens with one attached hydrogen (secondary N) is 1. The summed E-state index contributed by atoms with van der Waals surface area (Å²) in [4.78, 5) is 9.34. The first-order valence-corrected chi connectivity index (χ1v) is 10.1. The van der Waals surface area contributed by atoms with Gasteiger partial charge in [0.05, 0.1) is 27.4 Å². The van der Waals surface area contributed by atoms with Crippen molar-refractivity contribution in [3.05, 3.63) is 23.3 Å². The molecule has 0 spiro atoms. The molecular formula is C21H35IN4O3. The molecule has 0 radical (unpaired) electrons. The molecular weight excluding hydrogens is 483 g/mol. The summed E-state index contributed by atoms with van der Waals surface area (Å²) in [5, 5.41) is 3.58. The van der Waals surface area contributed by atoms with Crippen molar-refractivity contribution in [1.29, 1.82) is 0 Å². The van der Waals surface area contributed by atoms with Crippen molar-refractivity contribution in [3.63, 3.8) is 0 Å². The van der Waals surface area contributed by atoms with Crippen molar-refractivity contribution in [3.8, 4) is 11.5 Å². The molecule has 1 N–H and O–H groups in total. The molecule has 1 fully saturated rings. The summed E-state index contributed by atoms with van der Waals surface area (Å²) >= 11 is 0. The molecule has 0 amide bonds. The van der Waals surface area contributed by atoms with E-state index in [2.05, 4.69) is 46.1 Å². The van der Waals surface area contributed by atoms with E-state index in [-0.39, 0.29) is 24.0 Å². The second-order valence-electron chi connectivity index (χ2n) is 7.59. The number of aliphatic imine (C=N–C) groups is 1. The van der Waals surface area contributed by atoms with E-state index in [0.29, 0.717) is 12.1 Å². The van der Waals surface area contributed by atoms with Crippen molar-refractivity contribution >= 4 is 29.9 Å². The molecule has 0 bridgehead atoms. The van der Waals surface area contributed by atoms with Gasteiger partial charge in [-0.3, -0.25) is 9.89 Å². The Morgan fingerprint density at radius 2 is 1.93 bits per heavy atom. The van der Waals surface area contributed by atoms with Crippen molar-refractivity contribution in [1.82, 2.24) is 15.1 Å². The highest BCUT2D eigenvalue weighted by Gasteiger charge is 2.25. The van der Waals surface area contributed by atoms with Crippen LogP contribution in [-0.4, -0.2) is 82.0 Å². The molecule has 0 aromatic heterocycles. The third kappa shape index (κ3) is 5.67. The summed E-state index contributed by atoms with van der Waals surface area (Å²) in [7, 11) is 5.22. The summed E-state index contributed by atoms with van der Waals surface area (Å²) < 4.78 is 16.5. The highest BCUT2D eigenvalue weighted by atomic mass is 127. The van der Waals surface area contributed by atoms with Crippen LogP contribution in [0.2, 0.25) is 0 Å². The first-order valence-electron chi connectivity index (χ1n) is 10.1. The second-order valence-corrected chi connectivity index (χ2v) is 7.59. The number of ether oxygens (including phenoxy) is 3. The van der Waals surface area contributed by atoms with Crippen LogP contribution in [0.25, 0.3) is 0 Å². The quantitative estimate of drug-likeness (QED) is 0.367. The molecule has 0 saturated carbocycles. The second kappa shape index (κ2) is 11.2. The monoisotopic (exact) mass is 518 g/mol. The minimum atomic E-state index is 0. The molecule has 29 heavy (non-hydrogen) atoms. The standard InChI is InChI=1S/C21H34N4O3.HI/c1-15(25-8-9-28-14-16(25)2)12-23-21(22-3)24-7-6-17-10-19(26-4)20(27-5)11-18(17)13-24;/h10-11,15-16H,6-9,12-14H2,1-5H3,(H,22,23);1H. The Morgan fingerprint density at radius 3 is 2.55 bits per heavy atom. The van der Waals surface area contributed by atoms with E-state index in [4.69, 9.17) is 14.2 Å². The van der Waals surface area contributed by atoms with Gasteiger partial charge in [0.15, 0.2) is 17.5 Å². The first-order chi connectivity index (χ1) is 13.6. The van der Waals surface area contributed by atoms with Crippen LogP contribution in [0.1, 0.15) is 25.0 Å². The fraction of sp³-hybridized carbons (Fsp3) is 0.667. The largest absolute Gasteiger partial charge is 0.493 e. The highest BCUT2D eigenvalue weighted by Crippen LogP contribution is 2.33. The Morgan fingerprint density at radius 1 is 1.24 bits per heavy atom. The van der Waals surface area contributed by atoms with Crippen LogP contribution in [0, 0.1) is 0 Å². The molecule has 164 valence electrons. The number of hydrogen-bond acceptors (Lipinski definition) is 5. The summed E-state index contributed by atoms with van der Waals surface area (Å²) in [6.45, 7) is 9.74. The molecule has 8 heteroatoms. The number of morpholine rings is 1. The number of fused-ring (bicyclic) bond motifs is 1. The molecule has 3 rings (SSSR count). The van der Waals surface area contributed by atoms with Gasteiger partial charge in [-0.1, -0.05) is 0 Å². The normalized spacial score (nSPS) is 21.1. The van der Waals surface area contributed by atoms with Gasteiger partial charge in [-0.15, -0.1) is 24.0 Å². The number of methoxy groups -OCH3 is 2. The molecule has 1 aromatic carbocycles. The van der Waals surface area contributed by atoms with Crippen LogP contribution in [0.3, 0.4) is 0 Å². The predicted octanol–water partition coefficient (Wildman–Crippen LogP) is 2.36. The average molecular weight is 518 g/mol. The van der Waals surface area contributed by atoms with E-state index in [1.165, 1.54) is 11.1 Å². The van der Waals surface area contributed by atoms with Gasteiger partial charge in [0, 0.05) is 45.3 Å². The van der Waals surface area contributed by atoms with E-state index in [9.17, 15) is 0 Å². The van der Waals surface area contributed by atoms with Crippen molar-refractivity contribution in [2.24, 2.45) is 4.99 Å². The van der Waals surface area contributed by atoms with Crippen molar-refractivity contribution < 1.29 is 14.2 Å². The Bertz CT molecular complexity index is 701. The smallest absolute Gasteiger partial charge is 0.194 e. The minimum Gasteiger partial charge on any atom is -0.493 e. The average Bonchev–Trinajstić information content (AvgIpc) is 2.73. The molecule has 0 aliphatic carbocycles. The zero-order valence-electron chi connectivity index (χ0n) is 18.2. The number of nitrogens with zero attached hydrogens (tertiary/aromatic N) is 3. The lowest BCUT2D eigenvalue weighted by Crippen LogP contribution is -2.53. The topological polar surface area (TPSA) is 58.6 Å². The molecule has 1 saturated heterocycles. The summed E-state index contributed by atoms with van der Waals surface area (Å²) in [5.41, 5.74) is 2.58. The number of halogens is 1. The van der Waals surface area contributed by atoms with Crippen LogP contribution in [0.4, 0.5) is 0 Å². The van der Waals surface area contributed by atoms with Gasteiger partial charge in [0.1, 0.15) is 0 Å². The molecule has 1 aromatic rings. The van der Waals surface area contributed by atoms with Crippen LogP contribution in [-0.2, 0) is 17.7 Å². The summed E-state index contributed by atoms with van der Waals surface area (Å²) in [6, 6.07) is 5.07. The lowest BCUT2D eigenvalue weighted by molar-refractivity contribution is -0.0175. The number of hydrogen-bond donors (Lipinski definition) is 1. The minimum absolute atomic E-state index is 0. The fourth-order valence-electron chi connectivity index (χ4n) is 4.15. The van der Waals surface area contributed by atoms with E-state index in [1.54, 1.807) is 14.2 Å². The zero-order valence-corrected chi connectivity index (χ0v) is 20.6. The van der Waals surface area contributed by atoms with Crippen LogP contribution in [0.5, 0.6) is 11.5 Å². The maximum atomic E-state index is 5.56. The van der Waals surface area contributed by atoms with Crippen LogP contribution < -0.4 is 14.8 Å². The Hall–Kier alpha value is -1.26. The van der Waals surface area contributed by atoms with Gasteiger partial charge in [-0.25, -0.2) is 0 Å². The molecule has 2 atom stereocenters. The van der Waals surface area contributed by atoms with E-state index in [0.717, 1.165) is 63.3 Å². The Kier molecular flexibility index (Phi) is 9.29. The number of benzene rings is 1. The Balaban J connectivity index is 0.00000300. The van der Waals surface area contributed by atoms with Gasteiger partial charge in [-0.05, 0) is 43.5 Å². The van der Waals surface area contributed by atoms with Crippen LogP contribution in [0.15, 0.2) is 17.1 Å². The number of guanidine groups is 1. The summed E-state index contributed by atoms with van der Waals surface area (Å²) in [5.74, 6) is 2.53. The molecule has 2 heterocycles. The van der Waals surface area contributed by atoms with E-state index >= 15 is 0 Å². The SMILES string of the molecule is CN=C(NCC(C)N1CCOCC1C)N1CCc2cc(OC)c(OC)cc2C1.I. The third-order valence-corrected chi connectivity index (χ3v) is 5.77. The molecule has 2 aliphatic rings. The maximum absolute atomic E-state index is 5.56. The van der Waals surface area contributed by atoms with Crippen LogP contribution >= 0.6 is 24.0 Å². The van der Waals surface area contributed by atoms with Gasteiger partial charge in [0.2, 0.25) is 0 Å². The van der Waals surface area contributed by atoms with E-state index < -0.39 is 0 Å². The van der Waals surface area contributed by atoms with Crippen molar-refractivity contribution in [2.75, 3.05) is 54.1 Å².